The van der Waals surface area contributed by atoms with Crippen LogP contribution in [0.1, 0.15) is 6.42 Å². The fraction of sp³-hybridized carbons (Fsp3) is 1.00. The van der Waals surface area contributed by atoms with Crippen molar-refractivity contribution in [2.24, 2.45) is 0 Å². The predicted octanol–water partition coefficient (Wildman–Crippen LogP) is -0.0936. The summed E-state index contributed by atoms with van der Waals surface area (Å²) in [5.41, 5.74) is 0. The summed E-state index contributed by atoms with van der Waals surface area (Å²) in [5.74, 6) is 0. The van der Waals surface area contributed by atoms with Gasteiger partial charge in [0.05, 0.1) is 0 Å². The summed E-state index contributed by atoms with van der Waals surface area (Å²) in [6.45, 7) is 0.692. The van der Waals surface area contributed by atoms with E-state index in [1.165, 1.54) is 0 Å². The molecule has 0 amide bonds. The number of halogens is 1. The Kier molecular flexibility index (Phi) is 1.24. The van der Waals surface area contributed by atoms with Crippen molar-refractivity contribution >= 4 is 10.4 Å². The Morgan fingerprint density at radius 2 is 1.88 bits per heavy atom. The Labute approximate surface area is 47.4 Å². The standard InChI is InChI=1S/C3H6FNO2S/c4-8(6,7)5-2-1-3-5/h1-3H2. The average molecular weight is 139 g/mol. The molecule has 0 N–H and O–H groups in total. The van der Waals surface area contributed by atoms with Gasteiger partial charge in [-0.3, -0.25) is 0 Å². The van der Waals surface area contributed by atoms with Gasteiger partial charge < -0.3 is 0 Å². The van der Waals surface area contributed by atoms with E-state index >= 15 is 0 Å². The Balaban J connectivity index is 2.60. The molecule has 1 saturated heterocycles. The van der Waals surface area contributed by atoms with Crippen molar-refractivity contribution in [2.45, 2.75) is 6.42 Å². The molecule has 8 heavy (non-hydrogen) atoms. The predicted molar refractivity (Wildman–Crippen MR) is 26.2 cm³/mol. The molecule has 0 radical (unpaired) electrons. The first-order valence-corrected chi connectivity index (χ1v) is 3.64. The van der Waals surface area contributed by atoms with Gasteiger partial charge in [-0.05, 0) is 6.42 Å². The van der Waals surface area contributed by atoms with Crippen molar-refractivity contribution < 1.29 is 12.3 Å². The summed E-state index contributed by atoms with van der Waals surface area (Å²) >= 11 is 0. The van der Waals surface area contributed by atoms with Crippen LogP contribution in [0, 0.1) is 0 Å². The van der Waals surface area contributed by atoms with Crippen LogP contribution in [0.25, 0.3) is 0 Å². The number of nitrogens with zero attached hydrogens (tertiary/aromatic N) is 1. The topological polar surface area (TPSA) is 37.4 Å². The zero-order chi connectivity index (χ0) is 6.20. The Bertz CT molecular complexity index is 172. The minimum atomic E-state index is -4.33. The fourth-order valence-electron chi connectivity index (χ4n) is 0.505. The second-order valence-electron chi connectivity index (χ2n) is 1.69. The van der Waals surface area contributed by atoms with Crippen LogP contribution < -0.4 is 0 Å². The molecule has 1 heterocycles. The molecule has 48 valence electrons. The fourth-order valence-corrected chi connectivity index (χ4v) is 1.20. The van der Waals surface area contributed by atoms with Gasteiger partial charge in [0.2, 0.25) is 0 Å². The minimum absolute atomic E-state index is 0.346. The Hall–Kier alpha value is -0.160. The van der Waals surface area contributed by atoms with E-state index < -0.39 is 10.4 Å². The van der Waals surface area contributed by atoms with E-state index in [1.54, 1.807) is 0 Å². The van der Waals surface area contributed by atoms with E-state index in [1.807, 2.05) is 0 Å². The van der Waals surface area contributed by atoms with Crippen molar-refractivity contribution in [3.8, 4) is 0 Å². The molecule has 0 unspecified atom stereocenters. The van der Waals surface area contributed by atoms with Crippen LogP contribution in [-0.4, -0.2) is 25.8 Å². The van der Waals surface area contributed by atoms with Gasteiger partial charge in [0.25, 0.3) is 0 Å². The van der Waals surface area contributed by atoms with Gasteiger partial charge in [-0.25, -0.2) is 0 Å². The molecular weight excluding hydrogens is 133 g/mol. The molecule has 0 atom stereocenters. The quantitative estimate of drug-likeness (QED) is 0.476. The molecule has 0 aliphatic carbocycles. The summed E-state index contributed by atoms with van der Waals surface area (Å²) < 4.78 is 32.3. The highest BCUT2D eigenvalue weighted by Crippen LogP contribution is 2.12. The van der Waals surface area contributed by atoms with Crippen molar-refractivity contribution in [1.29, 1.82) is 0 Å². The van der Waals surface area contributed by atoms with Crippen molar-refractivity contribution in [3.05, 3.63) is 0 Å². The molecule has 3 nitrogen and oxygen atoms in total. The SMILES string of the molecule is O=S(=O)(F)N1CCC1. The molecule has 1 rings (SSSR count). The lowest BCUT2D eigenvalue weighted by atomic mass is 10.3. The van der Waals surface area contributed by atoms with E-state index in [0.717, 1.165) is 10.7 Å². The molecule has 0 aromatic heterocycles. The maximum atomic E-state index is 11.7. The summed E-state index contributed by atoms with van der Waals surface area (Å²) in [5, 5.41) is 0. The lowest BCUT2D eigenvalue weighted by Gasteiger charge is -2.24. The summed E-state index contributed by atoms with van der Waals surface area (Å²) in [6, 6.07) is 0. The highest BCUT2D eigenvalue weighted by Gasteiger charge is 2.26. The maximum Gasteiger partial charge on any atom is 0.374 e. The van der Waals surface area contributed by atoms with Crippen LogP contribution in [0.3, 0.4) is 0 Å². The molecule has 0 saturated carbocycles. The van der Waals surface area contributed by atoms with Gasteiger partial charge >= 0.3 is 10.4 Å². The van der Waals surface area contributed by atoms with Crippen LogP contribution in [0.15, 0.2) is 0 Å². The van der Waals surface area contributed by atoms with E-state index in [2.05, 4.69) is 0 Å². The van der Waals surface area contributed by atoms with Crippen LogP contribution in [0.5, 0.6) is 0 Å². The third kappa shape index (κ3) is 0.976. The Morgan fingerprint density at radius 3 is 1.88 bits per heavy atom. The molecule has 0 bridgehead atoms. The van der Waals surface area contributed by atoms with E-state index in [4.69, 9.17) is 0 Å². The number of hydrogen-bond acceptors (Lipinski definition) is 2. The third-order valence-electron chi connectivity index (χ3n) is 1.12. The first kappa shape index (κ1) is 5.97. The summed E-state index contributed by atoms with van der Waals surface area (Å²) in [7, 11) is -4.33. The Morgan fingerprint density at radius 1 is 1.38 bits per heavy atom. The van der Waals surface area contributed by atoms with Gasteiger partial charge in [0.1, 0.15) is 0 Å². The summed E-state index contributed by atoms with van der Waals surface area (Å²) in [4.78, 5) is 0. The molecule has 5 heteroatoms. The van der Waals surface area contributed by atoms with Crippen LogP contribution >= 0.6 is 0 Å². The smallest absolute Gasteiger partial charge is 0.177 e. The van der Waals surface area contributed by atoms with E-state index in [9.17, 15) is 12.3 Å². The average Bonchev–Trinajstić information content (AvgIpc) is 1.16. The first-order valence-electron chi connectivity index (χ1n) is 2.30. The molecule has 0 aromatic rings. The largest absolute Gasteiger partial charge is 0.374 e. The molecule has 0 spiro atoms. The van der Waals surface area contributed by atoms with Gasteiger partial charge in [-0.15, -0.1) is 0 Å². The van der Waals surface area contributed by atoms with Crippen molar-refractivity contribution in [2.75, 3.05) is 13.1 Å². The molecule has 1 aliphatic rings. The summed E-state index contributed by atoms with van der Waals surface area (Å²) in [6.07, 6.45) is 0.781. The van der Waals surface area contributed by atoms with E-state index in [0.29, 0.717) is 13.1 Å². The lowest BCUT2D eigenvalue weighted by Crippen LogP contribution is -2.39. The maximum absolute atomic E-state index is 11.7. The zero-order valence-corrected chi connectivity index (χ0v) is 4.99. The monoisotopic (exact) mass is 139 g/mol. The molecule has 1 aliphatic heterocycles. The van der Waals surface area contributed by atoms with Crippen LogP contribution in [0.2, 0.25) is 0 Å². The van der Waals surface area contributed by atoms with Crippen LogP contribution in [0.4, 0.5) is 3.89 Å². The van der Waals surface area contributed by atoms with Gasteiger partial charge in [0, 0.05) is 13.1 Å². The molecule has 1 fully saturated rings. The van der Waals surface area contributed by atoms with Gasteiger partial charge in [-0.1, -0.05) is 3.89 Å². The molecular formula is C3H6FNO2S. The van der Waals surface area contributed by atoms with Crippen molar-refractivity contribution in [3.63, 3.8) is 0 Å². The van der Waals surface area contributed by atoms with Gasteiger partial charge in [0.15, 0.2) is 0 Å². The van der Waals surface area contributed by atoms with Crippen LogP contribution in [-0.2, 0) is 10.4 Å². The zero-order valence-electron chi connectivity index (χ0n) is 4.17. The second kappa shape index (κ2) is 1.66. The highest BCUT2D eigenvalue weighted by atomic mass is 32.3. The first-order chi connectivity index (χ1) is 3.61. The van der Waals surface area contributed by atoms with Gasteiger partial charge in [-0.2, -0.15) is 12.7 Å². The third-order valence-corrected chi connectivity index (χ3v) is 2.11. The number of rotatable bonds is 1. The minimum Gasteiger partial charge on any atom is -0.177 e. The van der Waals surface area contributed by atoms with Crippen molar-refractivity contribution in [1.82, 2.24) is 4.31 Å². The second-order valence-corrected chi connectivity index (χ2v) is 3.04. The molecule has 0 aromatic carbocycles. The van der Waals surface area contributed by atoms with E-state index in [-0.39, 0.29) is 0 Å². The normalized spacial score (nSPS) is 22.6. The lowest BCUT2D eigenvalue weighted by molar-refractivity contribution is 0.293. The highest BCUT2D eigenvalue weighted by molar-refractivity contribution is 7.84. The number of hydrogen-bond donors (Lipinski definition) is 0.